The van der Waals surface area contributed by atoms with Gasteiger partial charge in [-0.05, 0) is 23.5 Å². The topological polar surface area (TPSA) is 49.3 Å². The number of amides is 1. The van der Waals surface area contributed by atoms with Gasteiger partial charge in [-0.25, -0.2) is 0 Å². The predicted molar refractivity (Wildman–Crippen MR) is 78.6 cm³/mol. The Morgan fingerprint density at radius 2 is 1.95 bits per heavy atom. The molecule has 0 radical (unpaired) electrons. The lowest BCUT2D eigenvalue weighted by Crippen LogP contribution is -2.31. The standard InChI is InChI=1S/C16H23NO2/c1-16(2,3)14(18)11-12-17-15(19)10-9-13-7-5-4-6-8-13/h4-10,14,18H,11-12H2,1-3H3,(H,17,19)/b10-9+/t14-/m0/s1. The molecule has 0 saturated heterocycles. The molecule has 3 heteroatoms. The molecule has 0 aromatic heterocycles. The van der Waals surface area contributed by atoms with Crippen molar-refractivity contribution in [3.8, 4) is 0 Å². The Bertz CT molecular complexity index is 418. The highest BCUT2D eigenvalue weighted by Gasteiger charge is 2.21. The maximum absolute atomic E-state index is 11.6. The number of nitrogens with one attached hydrogen (secondary N) is 1. The Hall–Kier alpha value is -1.61. The van der Waals surface area contributed by atoms with Gasteiger partial charge in [0.05, 0.1) is 6.10 Å². The zero-order valence-electron chi connectivity index (χ0n) is 11.9. The van der Waals surface area contributed by atoms with Crippen molar-refractivity contribution in [1.82, 2.24) is 5.32 Å². The van der Waals surface area contributed by atoms with E-state index in [0.29, 0.717) is 13.0 Å². The van der Waals surface area contributed by atoms with Crippen molar-refractivity contribution in [2.24, 2.45) is 5.41 Å². The van der Waals surface area contributed by atoms with Gasteiger partial charge in [0.25, 0.3) is 0 Å². The van der Waals surface area contributed by atoms with Gasteiger partial charge in [-0.1, -0.05) is 51.1 Å². The molecule has 2 N–H and O–H groups in total. The second-order valence-corrected chi connectivity index (χ2v) is 5.71. The van der Waals surface area contributed by atoms with Gasteiger partial charge in [-0.3, -0.25) is 4.79 Å². The van der Waals surface area contributed by atoms with Crippen LogP contribution >= 0.6 is 0 Å². The van der Waals surface area contributed by atoms with Crippen LogP contribution in [0.2, 0.25) is 0 Å². The highest BCUT2D eigenvalue weighted by molar-refractivity contribution is 5.91. The van der Waals surface area contributed by atoms with Gasteiger partial charge in [0.2, 0.25) is 5.91 Å². The molecule has 19 heavy (non-hydrogen) atoms. The molecule has 3 nitrogen and oxygen atoms in total. The maximum Gasteiger partial charge on any atom is 0.244 e. The lowest BCUT2D eigenvalue weighted by Gasteiger charge is -2.25. The molecule has 1 aromatic carbocycles. The zero-order chi connectivity index (χ0) is 14.3. The van der Waals surface area contributed by atoms with E-state index in [1.807, 2.05) is 51.1 Å². The van der Waals surface area contributed by atoms with Gasteiger partial charge in [0.15, 0.2) is 0 Å². The molecule has 1 atom stereocenters. The minimum Gasteiger partial charge on any atom is -0.393 e. The molecule has 0 spiro atoms. The van der Waals surface area contributed by atoms with Crippen LogP contribution in [0.5, 0.6) is 0 Å². The molecule has 0 aliphatic heterocycles. The number of benzene rings is 1. The molecule has 1 amide bonds. The second kappa shape index (κ2) is 7.10. The van der Waals surface area contributed by atoms with Gasteiger partial charge in [-0.15, -0.1) is 0 Å². The van der Waals surface area contributed by atoms with E-state index >= 15 is 0 Å². The summed E-state index contributed by atoms with van der Waals surface area (Å²) in [6.45, 7) is 6.43. The first-order chi connectivity index (χ1) is 8.89. The van der Waals surface area contributed by atoms with Gasteiger partial charge in [-0.2, -0.15) is 0 Å². The summed E-state index contributed by atoms with van der Waals surface area (Å²) in [7, 11) is 0. The lowest BCUT2D eigenvalue weighted by atomic mass is 9.87. The molecule has 0 unspecified atom stereocenters. The molecule has 104 valence electrons. The molecule has 0 aliphatic carbocycles. The number of aliphatic hydroxyl groups excluding tert-OH is 1. The Balaban J connectivity index is 2.31. The van der Waals surface area contributed by atoms with Crippen molar-refractivity contribution in [1.29, 1.82) is 0 Å². The molecular formula is C16H23NO2. The molecule has 0 aliphatic rings. The van der Waals surface area contributed by atoms with E-state index in [-0.39, 0.29) is 11.3 Å². The minimum absolute atomic E-state index is 0.134. The van der Waals surface area contributed by atoms with Crippen molar-refractivity contribution in [2.75, 3.05) is 6.54 Å². The Labute approximate surface area is 115 Å². The van der Waals surface area contributed by atoms with Crippen LogP contribution in [0.3, 0.4) is 0 Å². The first-order valence-electron chi connectivity index (χ1n) is 6.58. The molecular weight excluding hydrogens is 238 g/mol. The number of carbonyl (C=O) groups is 1. The Morgan fingerprint density at radius 3 is 2.53 bits per heavy atom. The lowest BCUT2D eigenvalue weighted by molar-refractivity contribution is -0.116. The normalized spacial score (nSPS) is 13.5. The smallest absolute Gasteiger partial charge is 0.244 e. The van der Waals surface area contributed by atoms with Crippen LogP contribution in [0.15, 0.2) is 36.4 Å². The van der Waals surface area contributed by atoms with Gasteiger partial charge in [0, 0.05) is 12.6 Å². The van der Waals surface area contributed by atoms with Crippen LogP contribution in [0.25, 0.3) is 6.08 Å². The van der Waals surface area contributed by atoms with Crippen LogP contribution in [-0.2, 0) is 4.79 Å². The summed E-state index contributed by atoms with van der Waals surface area (Å²) in [4.78, 5) is 11.6. The zero-order valence-corrected chi connectivity index (χ0v) is 11.9. The summed E-state index contributed by atoms with van der Waals surface area (Å²) in [5.41, 5.74) is 0.845. The van der Waals surface area contributed by atoms with Gasteiger partial charge >= 0.3 is 0 Å². The summed E-state index contributed by atoms with van der Waals surface area (Å²) < 4.78 is 0. The van der Waals surface area contributed by atoms with Crippen molar-refractivity contribution in [3.05, 3.63) is 42.0 Å². The fourth-order valence-corrected chi connectivity index (χ4v) is 1.56. The van der Waals surface area contributed by atoms with Gasteiger partial charge in [0.1, 0.15) is 0 Å². The first-order valence-corrected chi connectivity index (χ1v) is 6.58. The molecule has 0 heterocycles. The molecule has 1 aromatic rings. The van der Waals surface area contributed by atoms with E-state index in [2.05, 4.69) is 5.32 Å². The molecule has 0 fully saturated rings. The van der Waals surface area contributed by atoms with Crippen LogP contribution in [0, 0.1) is 5.41 Å². The number of carbonyl (C=O) groups excluding carboxylic acids is 1. The summed E-state index contributed by atoms with van der Waals surface area (Å²) >= 11 is 0. The third kappa shape index (κ3) is 6.20. The monoisotopic (exact) mass is 261 g/mol. The van der Waals surface area contributed by atoms with E-state index in [9.17, 15) is 9.90 Å². The molecule has 0 bridgehead atoms. The highest BCUT2D eigenvalue weighted by Crippen LogP contribution is 2.20. The quantitative estimate of drug-likeness (QED) is 0.800. The highest BCUT2D eigenvalue weighted by atomic mass is 16.3. The summed E-state index contributed by atoms with van der Waals surface area (Å²) in [6, 6.07) is 9.67. The molecule has 1 rings (SSSR count). The fourth-order valence-electron chi connectivity index (χ4n) is 1.56. The van der Waals surface area contributed by atoms with E-state index in [1.165, 1.54) is 6.08 Å². The summed E-state index contributed by atoms with van der Waals surface area (Å²) in [5, 5.41) is 12.6. The second-order valence-electron chi connectivity index (χ2n) is 5.71. The predicted octanol–water partition coefficient (Wildman–Crippen LogP) is 2.61. The minimum atomic E-state index is -0.411. The van der Waals surface area contributed by atoms with Crippen molar-refractivity contribution >= 4 is 12.0 Å². The number of hydrogen-bond donors (Lipinski definition) is 2. The average molecular weight is 261 g/mol. The van der Waals surface area contributed by atoms with E-state index < -0.39 is 6.10 Å². The van der Waals surface area contributed by atoms with E-state index in [4.69, 9.17) is 0 Å². The average Bonchev–Trinajstić information content (AvgIpc) is 2.36. The Kier molecular flexibility index (Phi) is 5.77. The summed E-state index contributed by atoms with van der Waals surface area (Å²) in [6.07, 6.45) is 3.44. The van der Waals surface area contributed by atoms with E-state index in [1.54, 1.807) is 6.08 Å². The third-order valence-electron chi connectivity index (χ3n) is 2.94. The number of aliphatic hydroxyl groups is 1. The van der Waals surface area contributed by atoms with Crippen LogP contribution in [-0.4, -0.2) is 23.7 Å². The van der Waals surface area contributed by atoms with Crippen molar-refractivity contribution < 1.29 is 9.90 Å². The third-order valence-corrected chi connectivity index (χ3v) is 2.94. The van der Waals surface area contributed by atoms with Crippen molar-refractivity contribution in [2.45, 2.75) is 33.3 Å². The van der Waals surface area contributed by atoms with E-state index in [0.717, 1.165) is 5.56 Å². The SMILES string of the molecule is CC(C)(C)[C@@H](O)CCNC(=O)/C=C/c1ccccc1. The van der Waals surface area contributed by atoms with Crippen LogP contribution in [0.1, 0.15) is 32.8 Å². The van der Waals surface area contributed by atoms with Gasteiger partial charge < -0.3 is 10.4 Å². The van der Waals surface area contributed by atoms with Crippen LogP contribution < -0.4 is 5.32 Å². The number of rotatable bonds is 5. The van der Waals surface area contributed by atoms with Crippen molar-refractivity contribution in [3.63, 3.8) is 0 Å². The van der Waals surface area contributed by atoms with Crippen LogP contribution in [0.4, 0.5) is 0 Å². The first kappa shape index (κ1) is 15.4. The fraction of sp³-hybridized carbons (Fsp3) is 0.438. The molecule has 0 saturated carbocycles. The Morgan fingerprint density at radius 1 is 1.32 bits per heavy atom. The largest absolute Gasteiger partial charge is 0.393 e. The number of hydrogen-bond acceptors (Lipinski definition) is 2. The maximum atomic E-state index is 11.6. The summed E-state index contributed by atoms with van der Waals surface area (Å²) in [5.74, 6) is -0.134.